The van der Waals surface area contributed by atoms with Crippen LogP contribution in [0.1, 0.15) is 20.3 Å². The Morgan fingerprint density at radius 2 is 1.46 bits per heavy atom. The Bertz CT molecular complexity index is 989. The molecule has 0 amide bonds. The summed E-state index contributed by atoms with van der Waals surface area (Å²) in [5.74, 6) is 1.17. The van der Waals surface area contributed by atoms with Crippen molar-refractivity contribution in [2.75, 3.05) is 16.6 Å². The molecule has 1 heterocycles. The van der Waals surface area contributed by atoms with Crippen LogP contribution in [0.2, 0.25) is 0 Å². The number of nitrogens with zero attached hydrogens (tertiary/aromatic N) is 2. The third kappa shape index (κ3) is 4.29. The quantitative estimate of drug-likeness (QED) is 0.659. The Hall–Kier alpha value is -2.67. The summed E-state index contributed by atoms with van der Waals surface area (Å²) in [6.07, 6.45) is 0.944. The maximum absolute atomic E-state index is 12.7. The van der Waals surface area contributed by atoms with E-state index in [4.69, 9.17) is 0 Å². The van der Waals surface area contributed by atoms with Crippen molar-refractivity contribution in [3.63, 3.8) is 0 Å². The van der Waals surface area contributed by atoms with E-state index in [1.807, 2.05) is 18.2 Å². The summed E-state index contributed by atoms with van der Waals surface area (Å²) >= 11 is 0. The molecular formula is C19H22N4O2S. The van der Waals surface area contributed by atoms with Crippen molar-refractivity contribution in [3.8, 4) is 0 Å². The van der Waals surface area contributed by atoms with E-state index in [-0.39, 0.29) is 10.7 Å². The van der Waals surface area contributed by atoms with Crippen LogP contribution in [0.15, 0.2) is 59.5 Å². The molecule has 7 heteroatoms. The number of fused-ring (bicyclic) bond motifs is 1. The van der Waals surface area contributed by atoms with Gasteiger partial charge in [0.2, 0.25) is 0 Å². The van der Waals surface area contributed by atoms with Crippen molar-refractivity contribution >= 4 is 32.7 Å². The van der Waals surface area contributed by atoms with Crippen LogP contribution in [0.4, 0.5) is 11.6 Å². The van der Waals surface area contributed by atoms with E-state index < -0.39 is 10.0 Å². The molecule has 1 aromatic heterocycles. The normalized spacial score (nSPS) is 11.7. The molecule has 0 bridgehead atoms. The topological polar surface area (TPSA) is 84.0 Å². The van der Waals surface area contributed by atoms with Gasteiger partial charge in [-0.2, -0.15) is 0 Å². The zero-order valence-electron chi connectivity index (χ0n) is 14.8. The maximum Gasteiger partial charge on any atom is 0.263 e. The van der Waals surface area contributed by atoms with Crippen LogP contribution in [0, 0.1) is 5.92 Å². The molecule has 0 aliphatic rings. The number of sulfonamides is 1. The minimum absolute atomic E-state index is 0.183. The summed E-state index contributed by atoms with van der Waals surface area (Å²) in [5.41, 5.74) is 1.34. The van der Waals surface area contributed by atoms with E-state index in [1.165, 1.54) is 0 Å². The third-order valence-corrected chi connectivity index (χ3v) is 5.22. The fraction of sp³-hybridized carbons (Fsp3) is 0.263. The zero-order chi connectivity index (χ0) is 18.6. The van der Waals surface area contributed by atoms with Gasteiger partial charge in [0.1, 0.15) is 0 Å². The summed E-state index contributed by atoms with van der Waals surface area (Å²) in [7, 11) is -3.74. The van der Waals surface area contributed by atoms with Crippen molar-refractivity contribution in [2.45, 2.75) is 25.2 Å². The lowest BCUT2D eigenvalue weighted by Crippen LogP contribution is -2.17. The minimum atomic E-state index is -3.74. The summed E-state index contributed by atoms with van der Waals surface area (Å²) in [6.45, 7) is 4.95. The second-order valence-electron chi connectivity index (χ2n) is 6.44. The first-order chi connectivity index (χ1) is 12.5. The number of anilines is 2. The number of hydrogen-bond donors (Lipinski definition) is 2. The fourth-order valence-electron chi connectivity index (χ4n) is 2.46. The smallest absolute Gasteiger partial charge is 0.263 e. The van der Waals surface area contributed by atoms with Crippen molar-refractivity contribution in [1.82, 2.24) is 9.97 Å². The Morgan fingerprint density at radius 3 is 2.08 bits per heavy atom. The van der Waals surface area contributed by atoms with Gasteiger partial charge in [0.05, 0.1) is 15.9 Å². The highest BCUT2D eigenvalue weighted by Crippen LogP contribution is 2.24. The lowest BCUT2D eigenvalue weighted by Gasteiger charge is -2.14. The number of benzene rings is 2. The van der Waals surface area contributed by atoms with E-state index in [9.17, 15) is 8.42 Å². The van der Waals surface area contributed by atoms with E-state index in [0.717, 1.165) is 6.42 Å². The molecule has 3 rings (SSSR count). The van der Waals surface area contributed by atoms with Gasteiger partial charge in [-0.1, -0.05) is 44.2 Å². The summed E-state index contributed by atoms with van der Waals surface area (Å²) in [5, 5.41) is 3.21. The molecule has 2 aromatic carbocycles. The first-order valence-corrected chi connectivity index (χ1v) is 10.0. The second kappa shape index (κ2) is 7.70. The molecule has 0 saturated carbocycles. The average Bonchev–Trinajstić information content (AvgIpc) is 2.62. The van der Waals surface area contributed by atoms with Crippen LogP contribution < -0.4 is 10.0 Å². The average molecular weight is 370 g/mol. The largest absolute Gasteiger partial charge is 0.367 e. The molecule has 0 aliphatic carbocycles. The van der Waals surface area contributed by atoms with E-state index in [2.05, 4.69) is 33.9 Å². The summed E-state index contributed by atoms with van der Waals surface area (Å²) in [6, 6.07) is 15.6. The second-order valence-corrected chi connectivity index (χ2v) is 8.12. The molecule has 0 unspecified atom stereocenters. The van der Waals surface area contributed by atoms with Gasteiger partial charge in [-0.15, -0.1) is 0 Å². The first-order valence-electron chi connectivity index (χ1n) is 8.54. The summed E-state index contributed by atoms with van der Waals surface area (Å²) < 4.78 is 27.9. The third-order valence-electron chi connectivity index (χ3n) is 3.87. The van der Waals surface area contributed by atoms with Crippen LogP contribution in [0.5, 0.6) is 0 Å². The number of para-hydroxylation sites is 2. The highest BCUT2D eigenvalue weighted by atomic mass is 32.2. The van der Waals surface area contributed by atoms with Gasteiger partial charge in [0.25, 0.3) is 10.0 Å². The number of rotatable bonds is 7. The minimum Gasteiger partial charge on any atom is -0.367 e. The molecule has 0 atom stereocenters. The molecular weight excluding hydrogens is 348 g/mol. The molecule has 0 saturated heterocycles. The van der Waals surface area contributed by atoms with Gasteiger partial charge in [0.15, 0.2) is 11.6 Å². The Labute approximate surface area is 153 Å². The number of hydrogen-bond acceptors (Lipinski definition) is 5. The highest BCUT2D eigenvalue weighted by Gasteiger charge is 2.18. The molecule has 0 radical (unpaired) electrons. The Kier molecular flexibility index (Phi) is 5.37. The molecule has 26 heavy (non-hydrogen) atoms. The van der Waals surface area contributed by atoms with Gasteiger partial charge in [0, 0.05) is 6.54 Å². The van der Waals surface area contributed by atoms with Gasteiger partial charge in [-0.3, -0.25) is 4.72 Å². The maximum atomic E-state index is 12.7. The van der Waals surface area contributed by atoms with Crippen LogP contribution in [-0.4, -0.2) is 24.9 Å². The predicted octanol–water partition coefficient (Wildman–Crippen LogP) is 3.89. The van der Waals surface area contributed by atoms with Crippen LogP contribution in [0.3, 0.4) is 0 Å². The van der Waals surface area contributed by atoms with Crippen molar-refractivity contribution < 1.29 is 8.42 Å². The lowest BCUT2D eigenvalue weighted by atomic mass is 10.1. The Morgan fingerprint density at radius 1 is 0.885 bits per heavy atom. The Balaban J connectivity index is 1.97. The van der Waals surface area contributed by atoms with E-state index in [1.54, 1.807) is 36.4 Å². The fourth-order valence-corrected chi connectivity index (χ4v) is 3.49. The van der Waals surface area contributed by atoms with Crippen LogP contribution in [0.25, 0.3) is 11.0 Å². The number of nitrogens with one attached hydrogen (secondary N) is 2. The van der Waals surface area contributed by atoms with E-state index >= 15 is 0 Å². The molecule has 3 aromatic rings. The molecule has 136 valence electrons. The van der Waals surface area contributed by atoms with Gasteiger partial charge in [-0.25, -0.2) is 18.4 Å². The lowest BCUT2D eigenvalue weighted by molar-refractivity contribution is 0.600. The monoisotopic (exact) mass is 370 g/mol. The molecule has 2 N–H and O–H groups in total. The molecule has 0 spiro atoms. The van der Waals surface area contributed by atoms with Crippen LogP contribution >= 0.6 is 0 Å². The molecule has 0 fully saturated rings. The van der Waals surface area contributed by atoms with Gasteiger partial charge >= 0.3 is 0 Å². The first kappa shape index (κ1) is 18.1. The van der Waals surface area contributed by atoms with Gasteiger partial charge < -0.3 is 5.32 Å². The summed E-state index contributed by atoms with van der Waals surface area (Å²) in [4.78, 5) is 9.20. The van der Waals surface area contributed by atoms with Crippen molar-refractivity contribution in [3.05, 3.63) is 54.6 Å². The predicted molar refractivity (Wildman–Crippen MR) is 105 cm³/mol. The van der Waals surface area contributed by atoms with Crippen molar-refractivity contribution in [2.24, 2.45) is 5.92 Å². The van der Waals surface area contributed by atoms with E-state index in [0.29, 0.717) is 29.3 Å². The van der Waals surface area contributed by atoms with Gasteiger partial charge in [-0.05, 0) is 36.6 Å². The SMILES string of the molecule is CC(C)CCNc1nc2ccccc2nc1NS(=O)(=O)c1ccccc1. The zero-order valence-corrected chi connectivity index (χ0v) is 15.6. The molecule has 0 aliphatic heterocycles. The van der Waals surface area contributed by atoms with Crippen LogP contribution in [-0.2, 0) is 10.0 Å². The molecule has 6 nitrogen and oxygen atoms in total. The highest BCUT2D eigenvalue weighted by molar-refractivity contribution is 7.92. The standard InChI is InChI=1S/C19H22N4O2S/c1-14(2)12-13-20-18-19(22-17-11-7-6-10-16(17)21-18)23-26(24,25)15-8-4-3-5-9-15/h3-11,14H,12-13H2,1-2H3,(H,20,21)(H,22,23). The number of aromatic nitrogens is 2. The van der Waals surface area contributed by atoms with Crippen molar-refractivity contribution in [1.29, 1.82) is 0 Å².